The van der Waals surface area contributed by atoms with Gasteiger partial charge in [0, 0.05) is 35.3 Å². The van der Waals surface area contributed by atoms with E-state index in [-0.39, 0.29) is 6.04 Å². The normalized spacial score (nSPS) is 26.1. The third-order valence-corrected chi connectivity index (χ3v) is 5.31. The average molecular weight is 264 g/mol. The van der Waals surface area contributed by atoms with E-state index < -0.39 is 0 Å². The zero-order valence-electron chi connectivity index (χ0n) is 11.6. The number of rotatable bonds is 3. The molecule has 0 amide bonds. The number of thioether (sulfide) groups is 1. The summed E-state index contributed by atoms with van der Waals surface area (Å²) in [5.41, 5.74) is 8.63. The number of benzene rings is 1. The molecule has 18 heavy (non-hydrogen) atoms. The van der Waals surface area contributed by atoms with Gasteiger partial charge in [0.05, 0.1) is 0 Å². The van der Waals surface area contributed by atoms with Gasteiger partial charge in [0.2, 0.25) is 0 Å². The molecule has 2 nitrogen and oxygen atoms in total. The maximum Gasteiger partial charge on any atom is 0.0378 e. The van der Waals surface area contributed by atoms with Gasteiger partial charge in [-0.2, -0.15) is 11.8 Å². The number of nitrogens with zero attached hydrogens (tertiary/aromatic N) is 1. The van der Waals surface area contributed by atoms with Gasteiger partial charge < -0.3 is 10.6 Å². The summed E-state index contributed by atoms with van der Waals surface area (Å²) in [6.45, 7) is 7.92. The maximum absolute atomic E-state index is 6.06. The van der Waals surface area contributed by atoms with Gasteiger partial charge >= 0.3 is 0 Å². The van der Waals surface area contributed by atoms with E-state index >= 15 is 0 Å². The molecule has 3 atom stereocenters. The van der Waals surface area contributed by atoms with Gasteiger partial charge in [-0.1, -0.05) is 26.0 Å². The maximum atomic E-state index is 6.06. The molecular formula is C15H24N2S. The molecule has 0 aromatic heterocycles. The van der Waals surface area contributed by atoms with Crippen LogP contribution in [0.5, 0.6) is 0 Å². The molecule has 0 bridgehead atoms. The summed E-state index contributed by atoms with van der Waals surface area (Å²) in [5, 5.41) is 0.705. The molecule has 0 saturated carbocycles. The zero-order chi connectivity index (χ0) is 13.1. The first kappa shape index (κ1) is 13.8. The van der Waals surface area contributed by atoms with Crippen molar-refractivity contribution in [3.05, 3.63) is 29.8 Å². The van der Waals surface area contributed by atoms with Crippen LogP contribution in [-0.2, 0) is 0 Å². The highest BCUT2D eigenvalue weighted by Crippen LogP contribution is 2.29. The smallest absolute Gasteiger partial charge is 0.0378 e. The summed E-state index contributed by atoms with van der Waals surface area (Å²) in [4.78, 5) is 2.52. The minimum Gasteiger partial charge on any atom is -0.367 e. The van der Waals surface area contributed by atoms with Gasteiger partial charge in [-0.15, -0.1) is 0 Å². The van der Waals surface area contributed by atoms with Crippen molar-refractivity contribution >= 4 is 17.4 Å². The lowest BCUT2D eigenvalue weighted by Crippen LogP contribution is -2.44. The van der Waals surface area contributed by atoms with E-state index in [4.69, 9.17) is 5.73 Å². The summed E-state index contributed by atoms with van der Waals surface area (Å²) in [5.74, 6) is 1.22. The van der Waals surface area contributed by atoms with Gasteiger partial charge in [-0.05, 0) is 31.0 Å². The predicted octanol–water partition coefficient (Wildman–Crippen LogP) is 3.43. The monoisotopic (exact) mass is 264 g/mol. The Morgan fingerprint density at radius 1 is 1.33 bits per heavy atom. The van der Waals surface area contributed by atoms with Crippen LogP contribution in [0.4, 0.5) is 5.69 Å². The summed E-state index contributed by atoms with van der Waals surface area (Å²) in [6, 6.07) is 9.60. The van der Waals surface area contributed by atoms with E-state index in [1.54, 1.807) is 0 Å². The predicted molar refractivity (Wildman–Crippen MR) is 82.4 cm³/mol. The molecule has 1 fully saturated rings. The Balaban J connectivity index is 2.13. The Morgan fingerprint density at radius 3 is 2.61 bits per heavy atom. The molecule has 1 aromatic carbocycles. The van der Waals surface area contributed by atoms with Crippen LogP contribution in [0.25, 0.3) is 0 Å². The van der Waals surface area contributed by atoms with E-state index in [1.165, 1.54) is 17.0 Å². The van der Waals surface area contributed by atoms with Crippen molar-refractivity contribution in [1.82, 2.24) is 0 Å². The van der Waals surface area contributed by atoms with Crippen LogP contribution in [0.1, 0.15) is 38.8 Å². The molecule has 1 saturated heterocycles. The zero-order valence-corrected chi connectivity index (χ0v) is 12.4. The number of nitrogens with two attached hydrogens (primary N) is 1. The van der Waals surface area contributed by atoms with Gasteiger partial charge in [0.15, 0.2) is 0 Å². The number of hydrogen-bond donors (Lipinski definition) is 1. The molecule has 1 heterocycles. The average Bonchev–Trinajstić information content (AvgIpc) is 2.41. The van der Waals surface area contributed by atoms with Crippen LogP contribution in [0.15, 0.2) is 24.3 Å². The van der Waals surface area contributed by atoms with E-state index in [1.807, 2.05) is 0 Å². The third kappa shape index (κ3) is 2.83. The Kier molecular flexibility index (Phi) is 4.57. The van der Waals surface area contributed by atoms with Crippen LogP contribution < -0.4 is 10.6 Å². The fourth-order valence-corrected chi connectivity index (χ4v) is 3.55. The topological polar surface area (TPSA) is 29.3 Å². The first-order valence-corrected chi connectivity index (χ1v) is 7.92. The highest BCUT2D eigenvalue weighted by molar-refractivity contribution is 8.00. The van der Waals surface area contributed by atoms with Crippen molar-refractivity contribution in [3.63, 3.8) is 0 Å². The van der Waals surface area contributed by atoms with Crippen molar-refractivity contribution in [2.24, 2.45) is 5.73 Å². The summed E-state index contributed by atoms with van der Waals surface area (Å²) < 4.78 is 0. The molecule has 0 aliphatic carbocycles. The SMILES string of the molecule is CC[C@H](N)c1ccc(N2CCSC(C)C2C)cc1. The molecule has 2 rings (SSSR count). The highest BCUT2D eigenvalue weighted by Gasteiger charge is 2.25. The van der Waals surface area contributed by atoms with E-state index in [2.05, 4.69) is 61.7 Å². The molecule has 0 spiro atoms. The second-order valence-electron chi connectivity index (χ2n) is 5.12. The Labute approximate surface area is 115 Å². The minimum absolute atomic E-state index is 0.173. The molecule has 100 valence electrons. The largest absolute Gasteiger partial charge is 0.367 e. The fourth-order valence-electron chi connectivity index (χ4n) is 2.45. The van der Waals surface area contributed by atoms with Gasteiger partial charge in [-0.25, -0.2) is 0 Å². The van der Waals surface area contributed by atoms with Crippen molar-refractivity contribution < 1.29 is 0 Å². The summed E-state index contributed by atoms with van der Waals surface area (Å²) in [6.07, 6.45) is 0.993. The molecule has 3 heteroatoms. The van der Waals surface area contributed by atoms with Crippen LogP contribution >= 0.6 is 11.8 Å². The quantitative estimate of drug-likeness (QED) is 0.907. The Morgan fingerprint density at radius 2 is 2.00 bits per heavy atom. The minimum atomic E-state index is 0.173. The molecule has 1 aliphatic rings. The lowest BCUT2D eigenvalue weighted by Gasteiger charge is -2.39. The second kappa shape index (κ2) is 5.98. The van der Waals surface area contributed by atoms with Crippen LogP contribution in [-0.4, -0.2) is 23.6 Å². The van der Waals surface area contributed by atoms with Gasteiger partial charge in [0.1, 0.15) is 0 Å². The first-order valence-electron chi connectivity index (χ1n) is 6.87. The van der Waals surface area contributed by atoms with E-state index in [0.717, 1.165) is 13.0 Å². The van der Waals surface area contributed by atoms with Crippen molar-refractivity contribution in [2.75, 3.05) is 17.2 Å². The van der Waals surface area contributed by atoms with Crippen molar-refractivity contribution in [1.29, 1.82) is 0 Å². The summed E-state index contributed by atoms with van der Waals surface area (Å²) >= 11 is 2.07. The van der Waals surface area contributed by atoms with Crippen LogP contribution in [0.3, 0.4) is 0 Å². The van der Waals surface area contributed by atoms with Crippen molar-refractivity contribution in [3.8, 4) is 0 Å². The number of anilines is 1. The van der Waals surface area contributed by atoms with Crippen LogP contribution in [0, 0.1) is 0 Å². The Bertz CT molecular complexity index is 377. The lowest BCUT2D eigenvalue weighted by atomic mass is 10.0. The first-order chi connectivity index (χ1) is 8.63. The van der Waals surface area contributed by atoms with E-state index in [0.29, 0.717) is 11.3 Å². The van der Waals surface area contributed by atoms with Gasteiger partial charge in [-0.3, -0.25) is 0 Å². The molecule has 0 radical (unpaired) electrons. The number of hydrogen-bond acceptors (Lipinski definition) is 3. The molecule has 1 aromatic rings. The molecular weight excluding hydrogens is 240 g/mol. The second-order valence-corrected chi connectivity index (χ2v) is 6.60. The third-order valence-electron chi connectivity index (χ3n) is 3.98. The van der Waals surface area contributed by atoms with Gasteiger partial charge in [0.25, 0.3) is 0 Å². The standard InChI is InChI=1S/C15H24N2S/c1-4-15(16)13-5-7-14(8-6-13)17-9-10-18-12(3)11(17)2/h5-8,11-12,15H,4,9-10,16H2,1-3H3/t11?,12?,15-/m0/s1. The molecule has 2 unspecified atom stereocenters. The van der Waals surface area contributed by atoms with E-state index in [9.17, 15) is 0 Å². The highest BCUT2D eigenvalue weighted by atomic mass is 32.2. The fraction of sp³-hybridized carbons (Fsp3) is 0.600. The lowest BCUT2D eigenvalue weighted by molar-refractivity contribution is 0.627. The molecule has 1 aliphatic heterocycles. The molecule has 2 N–H and O–H groups in total. The van der Waals surface area contributed by atoms with Crippen molar-refractivity contribution in [2.45, 2.75) is 44.5 Å². The van der Waals surface area contributed by atoms with Crippen LogP contribution in [0.2, 0.25) is 0 Å². The summed E-state index contributed by atoms with van der Waals surface area (Å²) in [7, 11) is 0. The Hall–Kier alpha value is -0.670.